The van der Waals surface area contributed by atoms with Crippen LogP contribution in [-0.4, -0.2) is 53.5 Å². The van der Waals surface area contributed by atoms with Crippen molar-refractivity contribution in [3.05, 3.63) is 58.7 Å². The molecule has 0 saturated carbocycles. The lowest BCUT2D eigenvalue weighted by atomic mass is 9.99. The Bertz CT molecular complexity index is 1140. The van der Waals surface area contributed by atoms with Crippen LogP contribution < -0.4 is 9.47 Å². The van der Waals surface area contributed by atoms with E-state index in [-0.39, 0.29) is 17.6 Å². The van der Waals surface area contributed by atoms with Crippen LogP contribution in [0.25, 0.3) is 0 Å². The number of methoxy groups -OCH3 is 2. The molecule has 1 N–H and O–H groups in total. The van der Waals surface area contributed by atoms with Gasteiger partial charge in [-0.2, -0.15) is 8.42 Å². The Morgan fingerprint density at radius 3 is 1.97 bits per heavy atom. The zero-order valence-electron chi connectivity index (χ0n) is 23.3. The first kappa shape index (κ1) is 29.6. The van der Waals surface area contributed by atoms with Crippen molar-refractivity contribution in [1.29, 1.82) is 0 Å². The van der Waals surface area contributed by atoms with Crippen molar-refractivity contribution in [1.82, 2.24) is 0 Å². The summed E-state index contributed by atoms with van der Waals surface area (Å²) in [5.74, 6) is 0.884. The predicted octanol–water partition coefficient (Wildman–Crippen LogP) is 5.91. The number of ether oxygens (including phenoxy) is 3. The van der Waals surface area contributed by atoms with Gasteiger partial charge in [-0.15, -0.1) is 0 Å². The van der Waals surface area contributed by atoms with Crippen LogP contribution in [0.5, 0.6) is 11.5 Å². The SMILES string of the molecule is COc1cc(C(O[Si](C)(C)C(C)(C)C)C(CCS(=O)(=O)O)OC2Cc3ccccc3C2)cc(OC)c1C. The number of benzene rings is 2. The molecule has 0 spiro atoms. The van der Waals surface area contributed by atoms with Crippen LogP contribution in [0.2, 0.25) is 18.1 Å². The van der Waals surface area contributed by atoms with E-state index in [0.29, 0.717) is 11.5 Å². The molecular weight excluding hydrogens is 508 g/mol. The van der Waals surface area contributed by atoms with E-state index in [1.54, 1.807) is 14.2 Å². The standard InChI is InChI=1S/C28H42O7SSi/c1-19-25(32-5)17-22(18-26(19)33-6)27(35-37(7,8)28(2,3)4)24(13-14-36(29,30)31)34-23-15-20-11-9-10-12-21(20)16-23/h9-12,17-18,23-24,27H,13-16H2,1-8H3,(H,29,30,31). The number of hydrogen-bond donors (Lipinski definition) is 1. The molecule has 0 bridgehead atoms. The van der Waals surface area contributed by atoms with Crippen molar-refractivity contribution in [2.75, 3.05) is 20.0 Å². The highest BCUT2D eigenvalue weighted by atomic mass is 32.2. The molecule has 2 atom stereocenters. The summed E-state index contributed by atoms with van der Waals surface area (Å²) >= 11 is 0. The summed E-state index contributed by atoms with van der Waals surface area (Å²) in [5, 5.41) is -0.0959. The van der Waals surface area contributed by atoms with Gasteiger partial charge >= 0.3 is 0 Å². The smallest absolute Gasteiger partial charge is 0.264 e. The van der Waals surface area contributed by atoms with Gasteiger partial charge in [-0.05, 0) is 73.1 Å². The molecule has 1 aliphatic carbocycles. The van der Waals surface area contributed by atoms with Gasteiger partial charge in [-0.3, -0.25) is 4.55 Å². The minimum Gasteiger partial charge on any atom is -0.496 e. The maximum absolute atomic E-state index is 11.8. The maximum atomic E-state index is 11.8. The van der Waals surface area contributed by atoms with Crippen molar-refractivity contribution < 1.29 is 31.6 Å². The van der Waals surface area contributed by atoms with E-state index in [2.05, 4.69) is 46.0 Å². The van der Waals surface area contributed by atoms with E-state index in [9.17, 15) is 13.0 Å². The van der Waals surface area contributed by atoms with Crippen LogP contribution in [0.3, 0.4) is 0 Å². The third-order valence-corrected chi connectivity index (χ3v) is 12.9. The summed E-state index contributed by atoms with van der Waals surface area (Å²) in [7, 11) is -3.33. The lowest BCUT2D eigenvalue weighted by Crippen LogP contribution is -2.45. The molecule has 2 unspecified atom stereocenters. The fraction of sp³-hybridized carbons (Fsp3) is 0.571. The zero-order chi connectivity index (χ0) is 27.6. The molecule has 0 radical (unpaired) electrons. The monoisotopic (exact) mass is 550 g/mol. The first-order valence-corrected chi connectivity index (χ1v) is 17.2. The second-order valence-electron chi connectivity index (χ2n) is 11.4. The van der Waals surface area contributed by atoms with Crippen LogP contribution in [-0.2, 0) is 32.1 Å². The van der Waals surface area contributed by atoms with Gasteiger partial charge in [0.1, 0.15) is 11.5 Å². The van der Waals surface area contributed by atoms with Crippen LogP contribution in [0.1, 0.15) is 55.5 Å². The van der Waals surface area contributed by atoms with E-state index in [0.717, 1.165) is 24.0 Å². The molecule has 3 rings (SSSR count). The number of hydrogen-bond acceptors (Lipinski definition) is 6. The van der Waals surface area contributed by atoms with E-state index in [1.807, 2.05) is 31.2 Å². The van der Waals surface area contributed by atoms with Crippen molar-refractivity contribution in [3.8, 4) is 11.5 Å². The Morgan fingerprint density at radius 2 is 1.54 bits per heavy atom. The molecule has 2 aromatic carbocycles. The Kier molecular flexibility index (Phi) is 9.17. The normalized spacial score (nSPS) is 16.4. The highest BCUT2D eigenvalue weighted by molar-refractivity contribution is 7.85. The average molecular weight is 551 g/mol. The third kappa shape index (κ3) is 7.35. The lowest BCUT2D eigenvalue weighted by molar-refractivity contribution is -0.0711. The highest BCUT2D eigenvalue weighted by Gasteiger charge is 2.43. The molecule has 206 valence electrons. The molecule has 0 aliphatic heterocycles. The molecule has 1 aliphatic rings. The average Bonchev–Trinajstić information content (AvgIpc) is 3.22. The fourth-order valence-electron chi connectivity index (χ4n) is 4.54. The zero-order valence-corrected chi connectivity index (χ0v) is 25.1. The summed E-state index contributed by atoms with van der Waals surface area (Å²) in [4.78, 5) is 0. The van der Waals surface area contributed by atoms with Gasteiger partial charge in [0.2, 0.25) is 0 Å². The summed E-state index contributed by atoms with van der Waals surface area (Å²) in [6, 6.07) is 12.1. The first-order chi connectivity index (χ1) is 17.1. The summed E-state index contributed by atoms with van der Waals surface area (Å²) in [6.07, 6.45) is 0.243. The molecule has 37 heavy (non-hydrogen) atoms. The molecule has 0 heterocycles. The second kappa shape index (κ2) is 11.5. The second-order valence-corrected chi connectivity index (χ2v) is 17.7. The Balaban J connectivity index is 2.07. The van der Waals surface area contributed by atoms with E-state index in [4.69, 9.17) is 18.6 Å². The van der Waals surface area contributed by atoms with Crippen molar-refractivity contribution in [2.45, 2.75) is 83.4 Å². The van der Waals surface area contributed by atoms with Gasteiger partial charge in [0, 0.05) is 5.56 Å². The molecule has 7 nitrogen and oxygen atoms in total. The molecule has 0 fully saturated rings. The quantitative estimate of drug-likeness (QED) is 0.275. The molecular formula is C28H42O7SSi. The van der Waals surface area contributed by atoms with Gasteiger partial charge in [-0.25, -0.2) is 0 Å². The maximum Gasteiger partial charge on any atom is 0.264 e. The van der Waals surface area contributed by atoms with Gasteiger partial charge in [-0.1, -0.05) is 45.0 Å². The Labute approximate surface area is 223 Å². The largest absolute Gasteiger partial charge is 0.496 e. The highest BCUT2D eigenvalue weighted by Crippen LogP contribution is 2.44. The van der Waals surface area contributed by atoms with Crippen LogP contribution in [0.15, 0.2) is 36.4 Å². The van der Waals surface area contributed by atoms with Gasteiger partial charge in [0.25, 0.3) is 10.1 Å². The third-order valence-electron chi connectivity index (χ3n) is 7.71. The minimum absolute atomic E-state index is 0.0868. The van der Waals surface area contributed by atoms with Crippen molar-refractivity contribution >= 4 is 18.4 Å². The molecule has 2 aromatic rings. The molecule has 0 aromatic heterocycles. The lowest BCUT2D eigenvalue weighted by Gasteiger charge is -2.42. The van der Waals surface area contributed by atoms with E-state index in [1.165, 1.54) is 11.1 Å². The van der Waals surface area contributed by atoms with Gasteiger partial charge in [0.15, 0.2) is 8.32 Å². The summed E-state index contributed by atoms with van der Waals surface area (Å²) < 4.78 is 58.2. The number of fused-ring (bicyclic) bond motifs is 1. The summed E-state index contributed by atoms with van der Waals surface area (Å²) in [6.45, 7) is 12.7. The predicted molar refractivity (Wildman–Crippen MR) is 149 cm³/mol. The van der Waals surface area contributed by atoms with Crippen LogP contribution >= 0.6 is 0 Å². The fourth-order valence-corrected chi connectivity index (χ4v) is 6.35. The molecule has 0 amide bonds. The summed E-state index contributed by atoms with van der Waals surface area (Å²) in [5.41, 5.74) is 4.13. The number of rotatable bonds is 11. The van der Waals surface area contributed by atoms with Gasteiger partial charge in [0.05, 0.1) is 38.3 Å². The van der Waals surface area contributed by atoms with Crippen LogP contribution in [0.4, 0.5) is 0 Å². The van der Waals surface area contributed by atoms with Gasteiger partial charge < -0.3 is 18.6 Å². The Hall–Kier alpha value is -1.91. The van der Waals surface area contributed by atoms with E-state index < -0.39 is 36.4 Å². The van der Waals surface area contributed by atoms with Crippen molar-refractivity contribution in [3.63, 3.8) is 0 Å². The Morgan fingerprint density at radius 1 is 1.03 bits per heavy atom. The minimum atomic E-state index is -4.20. The van der Waals surface area contributed by atoms with Crippen LogP contribution in [0, 0.1) is 6.92 Å². The molecule has 0 saturated heterocycles. The van der Waals surface area contributed by atoms with E-state index >= 15 is 0 Å². The van der Waals surface area contributed by atoms with Crippen molar-refractivity contribution in [2.24, 2.45) is 0 Å². The first-order valence-electron chi connectivity index (χ1n) is 12.7. The molecule has 9 heteroatoms. The topological polar surface area (TPSA) is 91.3 Å².